The Kier molecular flexibility index (Phi) is 6.19. The second-order valence-corrected chi connectivity index (χ2v) is 5.59. The Bertz CT molecular complexity index is 560. The molecule has 118 valence electrons. The summed E-state index contributed by atoms with van der Waals surface area (Å²) in [6.45, 7) is 9.33. The van der Waals surface area contributed by atoms with Gasteiger partial charge in [-0.05, 0) is 25.3 Å². The van der Waals surface area contributed by atoms with Gasteiger partial charge < -0.3 is 10.2 Å². The van der Waals surface area contributed by atoms with Gasteiger partial charge in [-0.25, -0.2) is 9.97 Å². The summed E-state index contributed by atoms with van der Waals surface area (Å²) in [5, 5.41) is 3.38. The Morgan fingerprint density at radius 2 is 1.68 bits per heavy atom. The highest BCUT2D eigenvalue weighted by atomic mass is 15.2. The first kappa shape index (κ1) is 16.3. The van der Waals surface area contributed by atoms with Crippen LogP contribution < -0.4 is 10.2 Å². The summed E-state index contributed by atoms with van der Waals surface area (Å²) in [6, 6.07) is 10.6. The van der Waals surface area contributed by atoms with E-state index in [0.29, 0.717) is 0 Å². The summed E-state index contributed by atoms with van der Waals surface area (Å²) >= 11 is 0. The van der Waals surface area contributed by atoms with Crippen LogP contribution in [0.25, 0.3) is 0 Å². The van der Waals surface area contributed by atoms with Crippen LogP contribution in [0.4, 0.5) is 11.6 Å². The van der Waals surface area contributed by atoms with E-state index >= 15 is 0 Å². The number of nitrogens with zero attached hydrogens (tertiary/aromatic N) is 3. The maximum Gasteiger partial charge on any atom is 0.134 e. The predicted octanol–water partition coefficient (Wildman–Crippen LogP) is 4.02. The molecule has 1 N–H and O–H groups in total. The molecule has 0 radical (unpaired) electrons. The lowest BCUT2D eigenvalue weighted by molar-refractivity contribution is 0.732. The second kappa shape index (κ2) is 8.37. The Labute approximate surface area is 133 Å². The largest absolute Gasteiger partial charge is 0.366 e. The molecule has 0 bridgehead atoms. The lowest BCUT2D eigenvalue weighted by Crippen LogP contribution is -2.26. The molecule has 0 aliphatic heterocycles. The van der Waals surface area contributed by atoms with Gasteiger partial charge in [0.2, 0.25) is 0 Å². The number of anilines is 2. The van der Waals surface area contributed by atoms with E-state index in [1.165, 1.54) is 11.1 Å². The molecule has 2 aromatic rings. The first-order valence-electron chi connectivity index (χ1n) is 8.09. The molecule has 0 spiro atoms. The zero-order valence-electron chi connectivity index (χ0n) is 13.8. The highest BCUT2D eigenvalue weighted by Crippen LogP contribution is 2.16. The van der Waals surface area contributed by atoms with E-state index in [2.05, 4.69) is 65.2 Å². The molecule has 0 saturated heterocycles. The maximum atomic E-state index is 4.42. The van der Waals surface area contributed by atoms with Crippen LogP contribution in [-0.4, -0.2) is 23.1 Å². The molecular formula is C18H26N4. The van der Waals surface area contributed by atoms with Crippen molar-refractivity contribution in [1.29, 1.82) is 0 Å². The average Bonchev–Trinajstić information content (AvgIpc) is 2.54. The Morgan fingerprint density at radius 1 is 1.00 bits per heavy atom. The van der Waals surface area contributed by atoms with Gasteiger partial charge in [0.25, 0.3) is 0 Å². The van der Waals surface area contributed by atoms with Gasteiger partial charge in [-0.15, -0.1) is 0 Å². The van der Waals surface area contributed by atoms with Crippen LogP contribution in [0.1, 0.15) is 37.8 Å². The smallest absolute Gasteiger partial charge is 0.134 e. The third-order valence-electron chi connectivity index (χ3n) is 3.56. The minimum Gasteiger partial charge on any atom is -0.366 e. The number of hydrogen-bond acceptors (Lipinski definition) is 4. The molecule has 1 aromatic carbocycles. The van der Waals surface area contributed by atoms with Crippen molar-refractivity contribution >= 4 is 11.6 Å². The third-order valence-corrected chi connectivity index (χ3v) is 3.56. The molecule has 4 heteroatoms. The number of nitrogens with one attached hydrogen (secondary N) is 1. The third kappa shape index (κ3) is 4.72. The summed E-state index contributed by atoms with van der Waals surface area (Å²) < 4.78 is 0. The summed E-state index contributed by atoms with van der Waals surface area (Å²) in [5.41, 5.74) is 2.53. The normalized spacial score (nSPS) is 10.5. The van der Waals surface area contributed by atoms with Crippen molar-refractivity contribution in [1.82, 2.24) is 9.97 Å². The lowest BCUT2D eigenvalue weighted by Gasteiger charge is -2.22. The fourth-order valence-electron chi connectivity index (χ4n) is 2.40. The van der Waals surface area contributed by atoms with E-state index < -0.39 is 0 Å². The van der Waals surface area contributed by atoms with E-state index in [4.69, 9.17) is 0 Å². The molecule has 0 aliphatic rings. The first-order chi connectivity index (χ1) is 10.7. The van der Waals surface area contributed by atoms with Crippen LogP contribution in [0.3, 0.4) is 0 Å². The van der Waals surface area contributed by atoms with Crippen molar-refractivity contribution in [3.05, 3.63) is 47.8 Å². The zero-order valence-corrected chi connectivity index (χ0v) is 13.8. The molecule has 4 nitrogen and oxygen atoms in total. The summed E-state index contributed by atoms with van der Waals surface area (Å²) in [5.74, 6) is 1.88. The quantitative estimate of drug-likeness (QED) is 0.799. The van der Waals surface area contributed by atoms with E-state index in [9.17, 15) is 0 Å². The molecule has 1 heterocycles. The molecule has 0 atom stereocenters. The van der Waals surface area contributed by atoms with E-state index in [1.807, 2.05) is 6.07 Å². The monoisotopic (exact) mass is 298 g/mol. The van der Waals surface area contributed by atoms with Gasteiger partial charge in [-0.1, -0.05) is 43.7 Å². The molecule has 0 amide bonds. The van der Waals surface area contributed by atoms with Crippen molar-refractivity contribution in [2.75, 3.05) is 23.3 Å². The highest BCUT2D eigenvalue weighted by Gasteiger charge is 2.07. The summed E-state index contributed by atoms with van der Waals surface area (Å²) in [7, 11) is 0. The van der Waals surface area contributed by atoms with Gasteiger partial charge in [-0.3, -0.25) is 0 Å². The molecule has 0 aliphatic carbocycles. The Balaban J connectivity index is 2.02. The molecule has 1 aromatic heterocycles. The number of aryl methyl sites for hydroxylation is 1. The molecule has 0 saturated carbocycles. The molecule has 22 heavy (non-hydrogen) atoms. The average molecular weight is 298 g/mol. The van der Waals surface area contributed by atoms with Crippen LogP contribution >= 0.6 is 0 Å². The summed E-state index contributed by atoms with van der Waals surface area (Å²) in [4.78, 5) is 11.1. The van der Waals surface area contributed by atoms with Gasteiger partial charge in [0.15, 0.2) is 0 Å². The number of rotatable bonds is 8. The Hall–Kier alpha value is -2.10. The van der Waals surface area contributed by atoms with Crippen LogP contribution in [0.5, 0.6) is 0 Å². The fraction of sp³-hybridized carbons (Fsp3) is 0.444. The number of aromatic nitrogens is 2. The Morgan fingerprint density at radius 3 is 2.32 bits per heavy atom. The number of benzene rings is 1. The van der Waals surface area contributed by atoms with Gasteiger partial charge in [0, 0.05) is 25.7 Å². The minimum atomic E-state index is 0.776. The maximum absolute atomic E-state index is 4.42. The second-order valence-electron chi connectivity index (χ2n) is 5.59. The molecule has 0 unspecified atom stereocenters. The van der Waals surface area contributed by atoms with Crippen molar-refractivity contribution in [3.63, 3.8) is 0 Å². The van der Waals surface area contributed by atoms with E-state index in [1.54, 1.807) is 6.33 Å². The van der Waals surface area contributed by atoms with Gasteiger partial charge in [-0.2, -0.15) is 0 Å². The van der Waals surface area contributed by atoms with Gasteiger partial charge >= 0.3 is 0 Å². The minimum absolute atomic E-state index is 0.776. The van der Waals surface area contributed by atoms with Crippen molar-refractivity contribution < 1.29 is 0 Å². The van der Waals surface area contributed by atoms with Gasteiger partial charge in [0.1, 0.15) is 18.0 Å². The number of hydrogen-bond donors (Lipinski definition) is 1. The van der Waals surface area contributed by atoms with Crippen molar-refractivity contribution in [3.8, 4) is 0 Å². The zero-order chi connectivity index (χ0) is 15.8. The van der Waals surface area contributed by atoms with Crippen LogP contribution in [0.15, 0.2) is 36.7 Å². The topological polar surface area (TPSA) is 41.0 Å². The fourth-order valence-corrected chi connectivity index (χ4v) is 2.40. The van der Waals surface area contributed by atoms with Crippen molar-refractivity contribution in [2.24, 2.45) is 0 Å². The predicted molar refractivity (Wildman–Crippen MR) is 93.3 cm³/mol. The standard InChI is InChI=1S/C18H26N4/c1-4-10-22(11-5-2)18-12-17(20-14-21-18)19-13-16-8-6-15(3)7-9-16/h6-9,12,14H,4-5,10-11,13H2,1-3H3,(H,19,20,21). The summed E-state index contributed by atoms with van der Waals surface area (Å²) in [6.07, 6.45) is 3.89. The lowest BCUT2D eigenvalue weighted by atomic mass is 10.1. The molecule has 0 fully saturated rings. The molecular weight excluding hydrogens is 272 g/mol. The van der Waals surface area contributed by atoms with E-state index in [-0.39, 0.29) is 0 Å². The first-order valence-corrected chi connectivity index (χ1v) is 8.09. The van der Waals surface area contributed by atoms with Crippen molar-refractivity contribution in [2.45, 2.75) is 40.2 Å². The van der Waals surface area contributed by atoms with Crippen LogP contribution in [-0.2, 0) is 6.54 Å². The SMILES string of the molecule is CCCN(CCC)c1cc(NCc2ccc(C)cc2)ncn1. The van der Waals surface area contributed by atoms with E-state index in [0.717, 1.165) is 44.1 Å². The van der Waals surface area contributed by atoms with Crippen LogP contribution in [0, 0.1) is 6.92 Å². The highest BCUT2D eigenvalue weighted by molar-refractivity contribution is 5.48. The molecule has 2 rings (SSSR count). The van der Waals surface area contributed by atoms with Gasteiger partial charge in [0.05, 0.1) is 0 Å². The van der Waals surface area contributed by atoms with Crippen LogP contribution in [0.2, 0.25) is 0 Å².